The predicted octanol–water partition coefficient (Wildman–Crippen LogP) is 3.77. The van der Waals surface area contributed by atoms with E-state index in [1.165, 1.54) is 63.9 Å². The number of carbonyl (C=O) groups is 1. The molecule has 0 bridgehead atoms. The molecule has 2 aliphatic rings. The fourth-order valence-electron chi connectivity index (χ4n) is 2.25. The number of aliphatic carboxylic acids is 1. The Balaban J connectivity index is 0.000000318. The molecule has 2 nitrogen and oxygen atoms in total. The molecule has 94 valence electrons. The maximum Gasteiger partial charge on any atom is 0.327 e. The van der Waals surface area contributed by atoms with Gasteiger partial charge >= 0.3 is 5.97 Å². The van der Waals surface area contributed by atoms with Crippen LogP contribution >= 0.6 is 0 Å². The van der Waals surface area contributed by atoms with Gasteiger partial charge in [0.05, 0.1) is 0 Å². The first-order valence-electron chi connectivity index (χ1n) is 6.20. The van der Waals surface area contributed by atoms with Crippen molar-refractivity contribution in [1.82, 2.24) is 0 Å². The van der Waals surface area contributed by atoms with Gasteiger partial charge in [0.25, 0.3) is 0 Å². The van der Waals surface area contributed by atoms with Crippen molar-refractivity contribution < 1.29 is 27.0 Å². The van der Waals surface area contributed by atoms with E-state index in [1.54, 1.807) is 0 Å². The largest absolute Gasteiger partial charge is 0.478 e. The van der Waals surface area contributed by atoms with Crippen LogP contribution in [-0.2, 0) is 21.9 Å². The average molecular weight is 266 g/mol. The molecule has 0 saturated heterocycles. The first-order chi connectivity index (χ1) is 7.29. The standard InChI is InChI=1S/C8H12O2.C5H10.Fe/c9-8(10)6-5-7-3-1-2-4-7;1-2-4-5-3-1;/h5-7H,1-4H2,(H,9,10);1-5H2;/b6-5+;;. The molecule has 0 unspecified atom stereocenters. The van der Waals surface area contributed by atoms with Crippen LogP contribution in [-0.4, -0.2) is 11.1 Å². The maximum atomic E-state index is 10.1. The van der Waals surface area contributed by atoms with E-state index in [2.05, 4.69) is 0 Å². The second kappa shape index (κ2) is 9.92. The van der Waals surface area contributed by atoms with Crippen LogP contribution in [0.4, 0.5) is 0 Å². The van der Waals surface area contributed by atoms with Crippen LogP contribution in [0.2, 0.25) is 0 Å². The first kappa shape index (κ1) is 15.7. The predicted molar refractivity (Wildman–Crippen MR) is 61.8 cm³/mol. The molecule has 0 spiro atoms. The fourth-order valence-corrected chi connectivity index (χ4v) is 2.25. The van der Waals surface area contributed by atoms with Crippen molar-refractivity contribution in [2.24, 2.45) is 5.92 Å². The molecule has 0 heterocycles. The Hall–Kier alpha value is -0.271. The van der Waals surface area contributed by atoms with Gasteiger partial charge in [0.2, 0.25) is 0 Å². The molecule has 2 fully saturated rings. The molecule has 0 aromatic rings. The van der Waals surface area contributed by atoms with E-state index >= 15 is 0 Å². The summed E-state index contributed by atoms with van der Waals surface area (Å²) >= 11 is 0. The summed E-state index contributed by atoms with van der Waals surface area (Å²) in [5.41, 5.74) is 0. The van der Waals surface area contributed by atoms with Crippen molar-refractivity contribution in [3.8, 4) is 0 Å². The molecular formula is C13H22FeO2. The van der Waals surface area contributed by atoms with Gasteiger partial charge in [0, 0.05) is 23.1 Å². The van der Waals surface area contributed by atoms with Crippen molar-refractivity contribution in [1.29, 1.82) is 0 Å². The SMILES string of the molecule is C1CCCC1.O=C(O)/C=C/C1CCCC1.[Fe]. The Labute approximate surface area is 109 Å². The van der Waals surface area contributed by atoms with Gasteiger partial charge in [-0.25, -0.2) is 4.79 Å². The zero-order chi connectivity index (χ0) is 10.9. The summed E-state index contributed by atoms with van der Waals surface area (Å²) in [5, 5.41) is 8.29. The first-order valence-corrected chi connectivity index (χ1v) is 6.20. The summed E-state index contributed by atoms with van der Waals surface area (Å²) in [5.74, 6) is -0.289. The molecule has 3 heteroatoms. The van der Waals surface area contributed by atoms with Crippen molar-refractivity contribution in [3.63, 3.8) is 0 Å². The van der Waals surface area contributed by atoms with Crippen LogP contribution in [0.1, 0.15) is 57.8 Å². The molecule has 0 amide bonds. The molecule has 0 aliphatic heterocycles. The molecule has 2 rings (SSSR count). The Morgan fingerprint density at radius 1 is 0.938 bits per heavy atom. The third kappa shape index (κ3) is 7.95. The maximum absolute atomic E-state index is 10.1. The van der Waals surface area contributed by atoms with Crippen LogP contribution < -0.4 is 0 Å². The minimum absolute atomic E-state index is 0. The smallest absolute Gasteiger partial charge is 0.327 e. The molecule has 0 radical (unpaired) electrons. The van der Waals surface area contributed by atoms with Crippen LogP contribution in [0.3, 0.4) is 0 Å². The third-order valence-electron chi connectivity index (χ3n) is 3.16. The van der Waals surface area contributed by atoms with E-state index in [9.17, 15) is 4.79 Å². The average Bonchev–Trinajstić information content (AvgIpc) is 2.91. The molecule has 0 atom stereocenters. The molecule has 2 saturated carbocycles. The monoisotopic (exact) mass is 266 g/mol. The van der Waals surface area contributed by atoms with Gasteiger partial charge in [-0.1, -0.05) is 51.0 Å². The molecular weight excluding hydrogens is 244 g/mol. The zero-order valence-corrected chi connectivity index (χ0v) is 10.9. The van der Waals surface area contributed by atoms with Gasteiger partial charge in [0.1, 0.15) is 0 Å². The number of rotatable bonds is 2. The number of hydrogen-bond acceptors (Lipinski definition) is 1. The quantitative estimate of drug-likeness (QED) is 0.610. The number of allylic oxidation sites excluding steroid dienone is 1. The second-order valence-corrected chi connectivity index (χ2v) is 4.51. The molecule has 0 aromatic heterocycles. The second-order valence-electron chi connectivity index (χ2n) is 4.51. The summed E-state index contributed by atoms with van der Waals surface area (Å²) in [7, 11) is 0. The Morgan fingerprint density at radius 2 is 1.38 bits per heavy atom. The summed E-state index contributed by atoms with van der Waals surface area (Å²) < 4.78 is 0. The van der Waals surface area contributed by atoms with Crippen molar-refractivity contribution in [2.75, 3.05) is 0 Å². The molecule has 16 heavy (non-hydrogen) atoms. The summed E-state index contributed by atoms with van der Waals surface area (Å²) in [6, 6.07) is 0. The normalized spacial score (nSPS) is 20.2. The summed E-state index contributed by atoms with van der Waals surface area (Å²) in [6.45, 7) is 0. The van der Waals surface area contributed by atoms with Crippen molar-refractivity contribution >= 4 is 5.97 Å². The van der Waals surface area contributed by atoms with Gasteiger partial charge in [-0.2, -0.15) is 0 Å². The third-order valence-corrected chi connectivity index (χ3v) is 3.16. The van der Waals surface area contributed by atoms with Gasteiger partial charge in [-0.05, 0) is 18.8 Å². The number of carboxylic acids is 1. The Kier molecular flexibility index (Phi) is 9.75. The zero-order valence-electron chi connectivity index (χ0n) is 9.81. The van der Waals surface area contributed by atoms with Crippen molar-refractivity contribution in [2.45, 2.75) is 57.8 Å². The van der Waals surface area contributed by atoms with E-state index in [-0.39, 0.29) is 17.1 Å². The molecule has 0 aromatic carbocycles. The van der Waals surface area contributed by atoms with Crippen LogP contribution in [0.25, 0.3) is 0 Å². The number of hydrogen-bond donors (Lipinski definition) is 1. The van der Waals surface area contributed by atoms with Gasteiger partial charge in [0.15, 0.2) is 0 Å². The van der Waals surface area contributed by atoms with E-state index < -0.39 is 5.97 Å². The molecule has 2 aliphatic carbocycles. The Bertz CT molecular complexity index is 196. The van der Waals surface area contributed by atoms with Gasteiger partial charge < -0.3 is 5.11 Å². The van der Waals surface area contributed by atoms with Crippen LogP contribution in [0.15, 0.2) is 12.2 Å². The topological polar surface area (TPSA) is 37.3 Å². The number of carboxylic acid groups (broad SMARTS) is 1. The molecule has 1 N–H and O–H groups in total. The van der Waals surface area contributed by atoms with Gasteiger partial charge in [-0.3, -0.25) is 0 Å². The van der Waals surface area contributed by atoms with Gasteiger partial charge in [-0.15, -0.1) is 0 Å². The van der Waals surface area contributed by atoms with Crippen LogP contribution in [0, 0.1) is 5.92 Å². The van der Waals surface area contributed by atoms with E-state index in [0.29, 0.717) is 5.92 Å². The minimum atomic E-state index is -0.827. The van der Waals surface area contributed by atoms with E-state index in [4.69, 9.17) is 5.11 Å². The summed E-state index contributed by atoms with van der Waals surface area (Å²) in [6.07, 6.45) is 15.4. The van der Waals surface area contributed by atoms with Crippen molar-refractivity contribution in [3.05, 3.63) is 12.2 Å². The minimum Gasteiger partial charge on any atom is -0.478 e. The van der Waals surface area contributed by atoms with E-state index in [0.717, 1.165) is 0 Å². The van der Waals surface area contributed by atoms with E-state index in [1.807, 2.05) is 6.08 Å². The summed E-state index contributed by atoms with van der Waals surface area (Å²) in [4.78, 5) is 10.1. The Morgan fingerprint density at radius 3 is 1.75 bits per heavy atom. The van der Waals surface area contributed by atoms with Crippen LogP contribution in [0.5, 0.6) is 0 Å². The fraction of sp³-hybridized carbons (Fsp3) is 0.769.